The van der Waals surface area contributed by atoms with Crippen molar-refractivity contribution in [1.82, 2.24) is 0 Å². The second-order valence-electron chi connectivity index (χ2n) is 5.54. The van der Waals surface area contributed by atoms with Crippen LogP contribution in [0.1, 0.15) is 35.1 Å². The molecule has 0 saturated carbocycles. The minimum Gasteiger partial charge on any atom is -0.330 e. The molecule has 0 radical (unpaired) electrons. The number of benzene rings is 2. The number of nitrogens with two attached hydrogens (primary N) is 2. The molecule has 0 fully saturated rings. The van der Waals surface area contributed by atoms with E-state index in [-0.39, 0.29) is 0 Å². The van der Waals surface area contributed by atoms with E-state index in [0.29, 0.717) is 6.54 Å². The Morgan fingerprint density at radius 3 is 1.81 bits per heavy atom. The molecule has 2 aromatic rings. The standard InChI is InChI=1S/C19H26N2/c20-14-13-17-11-9-16(10-12-17)5-1-2-6-18-7-3-4-8-19(18)15-21/h3-4,7-12H,1-2,5-6,13-15,20-21H2. The highest BCUT2D eigenvalue weighted by Gasteiger charge is 2.00. The van der Waals surface area contributed by atoms with Gasteiger partial charge in [0.25, 0.3) is 0 Å². The van der Waals surface area contributed by atoms with Crippen molar-refractivity contribution in [2.24, 2.45) is 11.5 Å². The lowest BCUT2D eigenvalue weighted by molar-refractivity contribution is 0.729. The molecule has 4 N–H and O–H groups in total. The molecule has 2 nitrogen and oxygen atoms in total. The average Bonchev–Trinajstić information content (AvgIpc) is 2.54. The summed E-state index contributed by atoms with van der Waals surface area (Å²) in [4.78, 5) is 0. The van der Waals surface area contributed by atoms with Crippen LogP contribution in [0, 0.1) is 0 Å². The summed E-state index contributed by atoms with van der Waals surface area (Å²) in [6, 6.07) is 17.4. The first kappa shape index (κ1) is 15.7. The van der Waals surface area contributed by atoms with Gasteiger partial charge in [-0.2, -0.15) is 0 Å². The van der Waals surface area contributed by atoms with E-state index in [0.717, 1.165) is 25.8 Å². The van der Waals surface area contributed by atoms with E-state index in [9.17, 15) is 0 Å². The van der Waals surface area contributed by atoms with Crippen molar-refractivity contribution in [2.45, 2.75) is 38.6 Å². The van der Waals surface area contributed by atoms with Crippen LogP contribution in [0.15, 0.2) is 48.5 Å². The van der Waals surface area contributed by atoms with Crippen molar-refractivity contribution in [2.75, 3.05) is 6.54 Å². The van der Waals surface area contributed by atoms with Gasteiger partial charge < -0.3 is 11.5 Å². The highest BCUT2D eigenvalue weighted by atomic mass is 14.5. The Hall–Kier alpha value is -1.64. The molecule has 2 aromatic carbocycles. The summed E-state index contributed by atoms with van der Waals surface area (Å²) < 4.78 is 0. The Morgan fingerprint density at radius 2 is 1.19 bits per heavy atom. The largest absolute Gasteiger partial charge is 0.330 e. The van der Waals surface area contributed by atoms with Crippen molar-refractivity contribution in [3.05, 3.63) is 70.8 Å². The molecule has 0 aliphatic heterocycles. The van der Waals surface area contributed by atoms with Crippen molar-refractivity contribution in [3.63, 3.8) is 0 Å². The summed E-state index contributed by atoms with van der Waals surface area (Å²) in [6.07, 6.45) is 5.67. The lowest BCUT2D eigenvalue weighted by atomic mass is 9.99. The fourth-order valence-electron chi connectivity index (χ4n) is 2.68. The predicted octanol–water partition coefficient (Wildman–Crippen LogP) is 3.21. The maximum absolute atomic E-state index is 5.78. The van der Waals surface area contributed by atoms with Gasteiger partial charge in [0, 0.05) is 6.54 Å². The van der Waals surface area contributed by atoms with E-state index in [2.05, 4.69) is 48.5 Å². The summed E-state index contributed by atoms with van der Waals surface area (Å²) in [5.41, 5.74) is 16.8. The van der Waals surface area contributed by atoms with Crippen molar-refractivity contribution < 1.29 is 0 Å². The van der Waals surface area contributed by atoms with Crippen LogP contribution in [0.3, 0.4) is 0 Å². The third kappa shape index (κ3) is 5.00. The van der Waals surface area contributed by atoms with Crippen LogP contribution in [0.2, 0.25) is 0 Å². The number of hydrogen-bond donors (Lipinski definition) is 2. The molecule has 0 atom stereocenters. The first-order chi connectivity index (χ1) is 10.3. The molecule has 0 aliphatic carbocycles. The molecule has 0 heterocycles. The smallest absolute Gasteiger partial charge is 0.0180 e. The minimum absolute atomic E-state index is 0.638. The van der Waals surface area contributed by atoms with E-state index in [4.69, 9.17) is 11.5 Å². The highest BCUT2D eigenvalue weighted by Crippen LogP contribution is 2.13. The van der Waals surface area contributed by atoms with E-state index in [1.807, 2.05) is 0 Å². The van der Waals surface area contributed by atoms with Crippen molar-refractivity contribution in [1.29, 1.82) is 0 Å². The first-order valence-corrected chi connectivity index (χ1v) is 7.88. The molecule has 2 heteroatoms. The fraction of sp³-hybridized carbons (Fsp3) is 0.368. The summed E-state index contributed by atoms with van der Waals surface area (Å²) in [7, 11) is 0. The molecule has 0 spiro atoms. The van der Waals surface area contributed by atoms with Gasteiger partial charge in [0.05, 0.1) is 0 Å². The SMILES string of the molecule is NCCc1ccc(CCCCc2ccccc2CN)cc1. The average molecular weight is 282 g/mol. The third-order valence-corrected chi connectivity index (χ3v) is 3.96. The molecule has 2 rings (SSSR count). The highest BCUT2D eigenvalue weighted by molar-refractivity contribution is 5.27. The normalized spacial score (nSPS) is 10.8. The maximum atomic E-state index is 5.78. The van der Waals surface area contributed by atoms with Crippen LogP contribution in [-0.2, 0) is 25.8 Å². The van der Waals surface area contributed by atoms with Gasteiger partial charge in [0.15, 0.2) is 0 Å². The second-order valence-corrected chi connectivity index (χ2v) is 5.54. The van der Waals surface area contributed by atoms with Crippen LogP contribution in [0.25, 0.3) is 0 Å². The van der Waals surface area contributed by atoms with Crippen LogP contribution in [0.5, 0.6) is 0 Å². The quantitative estimate of drug-likeness (QED) is 0.730. The molecular weight excluding hydrogens is 256 g/mol. The Labute approximate surface area is 128 Å². The third-order valence-electron chi connectivity index (χ3n) is 3.96. The fourth-order valence-corrected chi connectivity index (χ4v) is 2.68. The van der Waals surface area contributed by atoms with Gasteiger partial charge in [-0.15, -0.1) is 0 Å². The van der Waals surface area contributed by atoms with Gasteiger partial charge in [0.1, 0.15) is 0 Å². The number of hydrogen-bond acceptors (Lipinski definition) is 2. The molecule has 0 saturated heterocycles. The first-order valence-electron chi connectivity index (χ1n) is 7.88. The van der Waals surface area contributed by atoms with Crippen LogP contribution in [0.4, 0.5) is 0 Å². The maximum Gasteiger partial charge on any atom is 0.0180 e. The van der Waals surface area contributed by atoms with Crippen LogP contribution >= 0.6 is 0 Å². The summed E-state index contributed by atoms with van der Waals surface area (Å²) in [5, 5.41) is 0. The van der Waals surface area contributed by atoms with E-state index < -0.39 is 0 Å². The number of unbranched alkanes of at least 4 members (excludes halogenated alkanes) is 1. The van der Waals surface area contributed by atoms with Gasteiger partial charge in [-0.25, -0.2) is 0 Å². The Kier molecular flexibility index (Phi) is 6.45. The van der Waals surface area contributed by atoms with Crippen molar-refractivity contribution >= 4 is 0 Å². The van der Waals surface area contributed by atoms with Gasteiger partial charge in [-0.3, -0.25) is 0 Å². The number of rotatable bonds is 8. The van der Waals surface area contributed by atoms with Gasteiger partial charge in [-0.05, 0) is 60.9 Å². The van der Waals surface area contributed by atoms with Crippen molar-refractivity contribution in [3.8, 4) is 0 Å². The Morgan fingerprint density at radius 1 is 0.619 bits per heavy atom. The Balaban J connectivity index is 1.76. The molecule has 0 aliphatic rings. The lowest BCUT2D eigenvalue weighted by Gasteiger charge is -2.08. The zero-order valence-corrected chi connectivity index (χ0v) is 12.7. The molecule has 0 aromatic heterocycles. The molecular formula is C19H26N2. The molecule has 112 valence electrons. The monoisotopic (exact) mass is 282 g/mol. The summed E-state index contributed by atoms with van der Waals surface area (Å²) in [6.45, 7) is 1.36. The lowest BCUT2D eigenvalue weighted by Crippen LogP contribution is -2.02. The molecule has 0 unspecified atom stereocenters. The zero-order valence-electron chi connectivity index (χ0n) is 12.7. The van der Waals surface area contributed by atoms with Crippen LogP contribution in [-0.4, -0.2) is 6.54 Å². The van der Waals surface area contributed by atoms with Gasteiger partial charge in [0.2, 0.25) is 0 Å². The second kappa shape index (κ2) is 8.60. The van der Waals surface area contributed by atoms with Gasteiger partial charge >= 0.3 is 0 Å². The topological polar surface area (TPSA) is 52.0 Å². The summed E-state index contributed by atoms with van der Waals surface area (Å²) >= 11 is 0. The van der Waals surface area contributed by atoms with E-state index >= 15 is 0 Å². The summed E-state index contributed by atoms with van der Waals surface area (Å²) in [5.74, 6) is 0. The van der Waals surface area contributed by atoms with Crippen LogP contribution < -0.4 is 11.5 Å². The number of aryl methyl sites for hydroxylation is 2. The zero-order chi connectivity index (χ0) is 14.9. The van der Waals surface area contributed by atoms with E-state index in [1.54, 1.807) is 0 Å². The predicted molar refractivity (Wildman–Crippen MR) is 90.2 cm³/mol. The minimum atomic E-state index is 0.638. The molecule has 0 amide bonds. The molecule has 0 bridgehead atoms. The van der Waals surface area contributed by atoms with Gasteiger partial charge in [-0.1, -0.05) is 48.5 Å². The van der Waals surface area contributed by atoms with E-state index in [1.165, 1.54) is 35.1 Å². The Bertz CT molecular complexity index is 532. The molecule has 21 heavy (non-hydrogen) atoms.